The van der Waals surface area contributed by atoms with Gasteiger partial charge in [-0.15, -0.1) is 0 Å². The molecule has 3 N–H and O–H groups in total. The van der Waals surface area contributed by atoms with Crippen molar-refractivity contribution in [3.05, 3.63) is 23.8 Å². The van der Waals surface area contributed by atoms with Crippen LogP contribution in [0.2, 0.25) is 0 Å². The number of carbonyl (C=O) groups excluding carboxylic acids is 1. The number of anilines is 1. The monoisotopic (exact) mass is 236 g/mol. The van der Waals surface area contributed by atoms with Crippen molar-refractivity contribution in [1.82, 2.24) is 0 Å². The van der Waals surface area contributed by atoms with E-state index in [9.17, 15) is 4.79 Å². The predicted molar refractivity (Wildman–Crippen MR) is 69.3 cm³/mol. The number of aryl methyl sites for hydroxylation is 1. The number of methoxy groups -OCH3 is 1. The lowest BCUT2D eigenvalue weighted by molar-refractivity contribution is -0.116. The second-order valence-corrected chi connectivity index (χ2v) is 3.87. The first kappa shape index (κ1) is 13.5. The first-order valence-electron chi connectivity index (χ1n) is 5.88. The molecule has 0 spiro atoms. The summed E-state index contributed by atoms with van der Waals surface area (Å²) in [4.78, 5) is 11.5. The quantitative estimate of drug-likeness (QED) is 0.793. The van der Waals surface area contributed by atoms with Crippen molar-refractivity contribution in [3.8, 4) is 5.75 Å². The van der Waals surface area contributed by atoms with Crippen molar-refractivity contribution in [2.75, 3.05) is 19.0 Å². The maximum Gasteiger partial charge on any atom is 0.225 e. The van der Waals surface area contributed by atoms with Crippen LogP contribution in [-0.2, 0) is 11.2 Å². The molecule has 0 atom stereocenters. The maximum absolute atomic E-state index is 11.5. The van der Waals surface area contributed by atoms with Crippen LogP contribution in [0.25, 0.3) is 0 Å². The third-order valence-corrected chi connectivity index (χ3v) is 2.45. The van der Waals surface area contributed by atoms with Crippen molar-refractivity contribution in [2.45, 2.75) is 26.2 Å². The van der Waals surface area contributed by atoms with E-state index in [1.54, 1.807) is 7.11 Å². The number of nitrogens with two attached hydrogens (primary N) is 1. The molecule has 0 fully saturated rings. The van der Waals surface area contributed by atoms with E-state index in [0.717, 1.165) is 18.5 Å². The van der Waals surface area contributed by atoms with Gasteiger partial charge in [0.1, 0.15) is 5.75 Å². The van der Waals surface area contributed by atoms with Crippen LogP contribution in [0.5, 0.6) is 5.75 Å². The fourth-order valence-corrected chi connectivity index (χ4v) is 1.64. The number of hydrogen-bond donors (Lipinski definition) is 2. The van der Waals surface area contributed by atoms with Gasteiger partial charge in [-0.25, -0.2) is 0 Å². The Morgan fingerprint density at radius 1 is 1.47 bits per heavy atom. The summed E-state index contributed by atoms with van der Waals surface area (Å²) < 4.78 is 5.21. The molecule has 1 rings (SSSR count). The molecule has 0 saturated heterocycles. The van der Waals surface area contributed by atoms with Gasteiger partial charge < -0.3 is 15.8 Å². The number of hydrogen-bond acceptors (Lipinski definition) is 3. The number of benzene rings is 1. The van der Waals surface area contributed by atoms with E-state index in [2.05, 4.69) is 12.2 Å². The highest BCUT2D eigenvalue weighted by Gasteiger charge is 2.07. The minimum absolute atomic E-state index is 0.0838. The molecule has 1 aromatic carbocycles. The van der Waals surface area contributed by atoms with Gasteiger partial charge in [0.15, 0.2) is 0 Å². The zero-order valence-electron chi connectivity index (χ0n) is 10.5. The second kappa shape index (κ2) is 6.91. The van der Waals surface area contributed by atoms with Crippen LogP contribution in [-0.4, -0.2) is 19.6 Å². The van der Waals surface area contributed by atoms with Crippen LogP contribution in [0.4, 0.5) is 5.69 Å². The standard InChI is InChI=1S/C13H20N2O2/c1-3-4-10-5-6-12(17-2)11(9-10)15-13(16)7-8-14/h5-6,9H,3-4,7-8,14H2,1-2H3,(H,15,16). The molecule has 4 heteroatoms. The number of nitrogens with one attached hydrogen (secondary N) is 1. The molecule has 0 heterocycles. The van der Waals surface area contributed by atoms with E-state index in [0.29, 0.717) is 18.7 Å². The zero-order chi connectivity index (χ0) is 12.7. The summed E-state index contributed by atoms with van der Waals surface area (Å²) in [5.41, 5.74) is 7.25. The summed E-state index contributed by atoms with van der Waals surface area (Å²) in [5, 5.41) is 2.82. The molecule has 94 valence electrons. The summed E-state index contributed by atoms with van der Waals surface area (Å²) in [7, 11) is 1.59. The molecular weight excluding hydrogens is 216 g/mol. The van der Waals surface area contributed by atoms with Gasteiger partial charge in [0.25, 0.3) is 0 Å². The lowest BCUT2D eigenvalue weighted by Gasteiger charge is -2.11. The number of carbonyl (C=O) groups is 1. The van der Waals surface area contributed by atoms with Crippen molar-refractivity contribution >= 4 is 11.6 Å². The van der Waals surface area contributed by atoms with E-state index in [1.807, 2.05) is 18.2 Å². The van der Waals surface area contributed by atoms with Crippen LogP contribution < -0.4 is 15.8 Å². The average molecular weight is 236 g/mol. The Morgan fingerprint density at radius 3 is 2.82 bits per heavy atom. The molecule has 17 heavy (non-hydrogen) atoms. The van der Waals surface area contributed by atoms with E-state index in [1.165, 1.54) is 5.56 Å². The third kappa shape index (κ3) is 4.07. The Kier molecular flexibility index (Phi) is 5.49. The largest absolute Gasteiger partial charge is 0.495 e. The van der Waals surface area contributed by atoms with E-state index in [-0.39, 0.29) is 5.91 Å². The summed E-state index contributed by atoms with van der Waals surface area (Å²) in [6.45, 7) is 2.47. The molecule has 0 aliphatic rings. The molecule has 4 nitrogen and oxygen atoms in total. The highest BCUT2D eigenvalue weighted by Crippen LogP contribution is 2.26. The highest BCUT2D eigenvalue weighted by atomic mass is 16.5. The van der Waals surface area contributed by atoms with Crippen LogP contribution in [0, 0.1) is 0 Å². The van der Waals surface area contributed by atoms with Gasteiger partial charge in [-0.05, 0) is 24.1 Å². The highest BCUT2D eigenvalue weighted by molar-refractivity contribution is 5.92. The minimum Gasteiger partial charge on any atom is -0.495 e. The normalized spacial score (nSPS) is 10.1. The number of rotatable bonds is 6. The first-order valence-corrected chi connectivity index (χ1v) is 5.88. The average Bonchev–Trinajstić information content (AvgIpc) is 2.30. The molecule has 0 aliphatic carbocycles. The Balaban J connectivity index is 2.85. The van der Waals surface area contributed by atoms with Crippen LogP contribution in [0.1, 0.15) is 25.3 Å². The number of amides is 1. The Labute approximate surface area is 102 Å². The fourth-order valence-electron chi connectivity index (χ4n) is 1.64. The molecule has 1 amide bonds. The summed E-state index contributed by atoms with van der Waals surface area (Å²) >= 11 is 0. The third-order valence-electron chi connectivity index (χ3n) is 2.45. The maximum atomic E-state index is 11.5. The van der Waals surface area contributed by atoms with Gasteiger partial charge in [-0.2, -0.15) is 0 Å². The SMILES string of the molecule is CCCc1ccc(OC)c(NC(=O)CCN)c1. The van der Waals surface area contributed by atoms with Crippen molar-refractivity contribution in [1.29, 1.82) is 0 Å². The lowest BCUT2D eigenvalue weighted by Crippen LogP contribution is -2.16. The van der Waals surface area contributed by atoms with E-state index < -0.39 is 0 Å². The van der Waals surface area contributed by atoms with Gasteiger partial charge in [-0.1, -0.05) is 19.4 Å². The van der Waals surface area contributed by atoms with Gasteiger partial charge in [0.2, 0.25) is 5.91 Å². The van der Waals surface area contributed by atoms with E-state index in [4.69, 9.17) is 10.5 Å². The second-order valence-electron chi connectivity index (χ2n) is 3.87. The molecule has 0 bridgehead atoms. The van der Waals surface area contributed by atoms with Crippen molar-refractivity contribution in [2.24, 2.45) is 5.73 Å². The molecule has 0 radical (unpaired) electrons. The van der Waals surface area contributed by atoms with Crippen molar-refractivity contribution < 1.29 is 9.53 Å². The fraction of sp³-hybridized carbons (Fsp3) is 0.462. The van der Waals surface area contributed by atoms with Gasteiger partial charge in [0, 0.05) is 13.0 Å². The van der Waals surface area contributed by atoms with E-state index >= 15 is 0 Å². The minimum atomic E-state index is -0.0838. The lowest BCUT2D eigenvalue weighted by atomic mass is 10.1. The molecule has 0 aromatic heterocycles. The predicted octanol–water partition coefficient (Wildman–Crippen LogP) is 1.93. The first-order chi connectivity index (χ1) is 8.21. The van der Waals surface area contributed by atoms with Crippen LogP contribution in [0.3, 0.4) is 0 Å². The Morgan fingerprint density at radius 2 is 2.24 bits per heavy atom. The van der Waals surface area contributed by atoms with Crippen LogP contribution >= 0.6 is 0 Å². The molecule has 0 saturated carbocycles. The number of ether oxygens (including phenoxy) is 1. The summed E-state index contributed by atoms with van der Waals surface area (Å²) in [5.74, 6) is 0.592. The smallest absolute Gasteiger partial charge is 0.225 e. The van der Waals surface area contributed by atoms with Crippen LogP contribution in [0.15, 0.2) is 18.2 Å². The topological polar surface area (TPSA) is 64.3 Å². The molecule has 0 unspecified atom stereocenters. The summed E-state index contributed by atoms with van der Waals surface area (Å²) in [6, 6.07) is 5.85. The van der Waals surface area contributed by atoms with Gasteiger partial charge in [0.05, 0.1) is 12.8 Å². The molecule has 0 aliphatic heterocycles. The molecule has 1 aromatic rings. The Bertz CT molecular complexity index is 378. The Hall–Kier alpha value is -1.55. The van der Waals surface area contributed by atoms with Crippen molar-refractivity contribution in [3.63, 3.8) is 0 Å². The summed E-state index contributed by atoms with van der Waals surface area (Å²) in [6.07, 6.45) is 2.38. The van der Waals surface area contributed by atoms with Gasteiger partial charge >= 0.3 is 0 Å². The zero-order valence-corrected chi connectivity index (χ0v) is 10.5. The molecular formula is C13H20N2O2. The van der Waals surface area contributed by atoms with Gasteiger partial charge in [-0.3, -0.25) is 4.79 Å².